The smallest absolute Gasteiger partial charge is 0.359 e. The van der Waals surface area contributed by atoms with Gasteiger partial charge in [0.1, 0.15) is 17.2 Å². The van der Waals surface area contributed by atoms with Gasteiger partial charge in [0.15, 0.2) is 11.8 Å². The largest absolute Gasteiger partial charge is 0.509 e. The van der Waals surface area contributed by atoms with E-state index in [1.807, 2.05) is 67.6 Å². The van der Waals surface area contributed by atoms with Gasteiger partial charge >= 0.3 is 5.97 Å². The maximum atomic E-state index is 12.9. The molecule has 2 aliphatic heterocycles. The number of aryl methyl sites for hydroxylation is 1. The molecule has 3 aromatic rings. The third kappa shape index (κ3) is 5.91. The second-order valence-corrected chi connectivity index (χ2v) is 11.2. The van der Waals surface area contributed by atoms with Crippen LogP contribution in [0.5, 0.6) is 0 Å². The summed E-state index contributed by atoms with van der Waals surface area (Å²) in [5.41, 5.74) is 8.24. The number of benzene rings is 3. The minimum atomic E-state index is -4.02. The molecule has 2 aliphatic rings. The van der Waals surface area contributed by atoms with E-state index in [9.17, 15) is 23.1 Å². The maximum Gasteiger partial charge on any atom is 0.359 e. The van der Waals surface area contributed by atoms with Gasteiger partial charge in [-0.25, -0.2) is 4.79 Å². The Balaban J connectivity index is 0.000000257. The molecule has 4 N–H and O–H groups in total. The summed E-state index contributed by atoms with van der Waals surface area (Å²) in [6.07, 6.45) is -0.654. The monoisotopic (exact) mass is 554 g/mol. The van der Waals surface area contributed by atoms with E-state index >= 15 is 0 Å². The van der Waals surface area contributed by atoms with Crippen molar-refractivity contribution in [3.8, 4) is 0 Å². The van der Waals surface area contributed by atoms with Gasteiger partial charge in [-0.15, -0.1) is 11.8 Å². The predicted molar refractivity (Wildman–Crippen MR) is 143 cm³/mol. The number of nitrogens with two attached hydrogens (primary N) is 1. The van der Waals surface area contributed by atoms with Crippen LogP contribution in [0.15, 0.2) is 101 Å². The average molecular weight is 555 g/mol. The predicted octanol–water partition coefficient (Wildman–Crippen LogP) is 3.57. The third-order valence-corrected chi connectivity index (χ3v) is 8.08. The quantitative estimate of drug-likeness (QED) is 0.245. The molecule has 0 saturated carbocycles. The molecule has 0 aliphatic carbocycles. The molecule has 1 fully saturated rings. The second-order valence-electron chi connectivity index (χ2n) is 8.63. The summed E-state index contributed by atoms with van der Waals surface area (Å²) in [5, 5.41) is 9.90. The van der Waals surface area contributed by atoms with Crippen molar-refractivity contribution in [2.45, 2.75) is 29.3 Å². The maximum absolute atomic E-state index is 12.9. The van der Waals surface area contributed by atoms with Crippen molar-refractivity contribution in [3.05, 3.63) is 113 Å². The van der Waals surface area contributed by atoms with Crippen molar-refractivity contribution in [2.75, 3.05) is 5.75 Å². The Morgan fingerprint density at radius 3 is 2.03 bits per heavy atom. The van der Waals surface area contributed by atoms with E-state index in [2.05, 4.69) is 0 Å². The SMILES string of the molecule is Cc1ccc(S(=O)(=O)O)cc1.NC1C(=O)N2C(C(=O)OC(c3ccccc3)c3ccccc3)=C(O)CS[C@H]12. The van der Waals surface area contributed by atoms with E-state index < -0.39 is 28.2 Å². The lowest BCUT2D eigenvalue weighted by Crippen LogP contribution is -2.68. The summed E-state index contributed by atoms with van der Waals surface area (Å²) in [4.78, 5) is 26.2. The van der Waals surface area contributed by atoms with Crippen LogP contribution in [0.3, 0.4) is 0 Å². The van der Waals surface area contributed by atoms with Crippen LogP contribution in [0.2, 0.25) is 0 Å². The lowest BCUT2D eigenvalue weighted by atomic mass is 10.0. The number of esters is 1. The molecule has 2 heterocycles. The van der Waals surface area contributed by atoms with Crippen LogP contribution in [0, 0.1) is 6.92 Å². The Morgan fingerprint density at radius 1 is 1.00 bits per heavy atom. The van der Waals surface area contributed by atoms with Gasteiger partial charge in [-0.1, -0.05) is 78.4 Å². The van der Waals surface area contributed by atoms with Crippen molar-refractivity contribution in [3.63, 3.8) is 0 Å². The second kappa shape index (κ2) is 11.4. The Morgan fingerprint density at radius 2 is 1.53 bits per heavy atom. The van der Waals surface area contributed by atoms with E-state index in [1.165, 1.54) is 28.8 Å². The minimum Gasteiger partial charge on any atom is -0.509 e. The summed E-state index contributed by atoms with van der Waals surface area (Å²) in [7, 11) is -4.02. The fourth-order valence-corrected chi connectivity index (χ4v) is 5.57. The van der Waals surface area contributed by atoms with Crippen LogP contribution in [-0.2, 0) is 24.4 Å². The van der Waals surface area contributed by atoms with Crippen molar-refractivity contribution in [1.82, 2.24) is 4.90 Å². The molecule has 5 rings (SSSR count). The number of β-lactam (4-membered cyclic amide) rings is 1. The molecule has 0 aromatic heterocycles. The van der Waals surface area contributed by atoms with Gasteiger partial charge in [0.2, 0.25) is 5.91 Å². The van der Waals surface area contributed by atoms with E-state index in [0.29, 0.717) is 0 Å². The Hall–Kier alpha value is -3.64. The zero-order valence-corrected chi connectivity index (χ0v) is 21.9. The van der Waals surface area contributed by atoms with Crippen molar-refractivity contribution < 1.29 is 32.4 Å². The summed E-state index contributed by atoms with van der Waals surface area (Å²) in [5.74, 6) is -1.08. The molecule has 1 amide bonds. The van der Waals surface area contributed by atoms with Gasteiger partial charge in [-0.05, 0) is 30.2 Å². The van der Waals surface area contributed by atoms with Crippen molar-refractivity contribution >= 4 is 33.8 Å². The van der Waals surface area contributed by atoms with E-state index in [-0.39, 0.29) is 33.4 Å². The molecule has 0 radical (unpaired) electrons. The van der Waals surface area contributed by atoms with Crippen LogP contribution < -0.4 is 5.73 Å². The van der Waals surface area contributed by atoms with Gasteiger partial charge in [0.25, 0.3) is 10.1 Å². The number of aliphatic hydroxyl groups is 1. The highest BCUT2D eigenvalue weighted by atomic mass is 32.2. The first kappa shape index (κ1) is 27.4. The summed E-state index contributed by atoms with van der Waals surface area (Å²) < 4.78 is 35.3. The first-order valence-electron chi connectivity index (χ1n) is 11.6. The molecule has 1 unspecified atom stereocenters. The standard InChI is InChI=1S/C20H18N2O4S.C7H8O3S/c21-15-18(24)22-16(14(23)11-27-19(15)22)20(25)26-17(12-7-3-1-4-8-12)13-9-5-2-6-10-13;1-6-2-4-7(5-3-6)11(8,9)10/h1-10,15,17,19,23H,11,21H2;2-5H,1H3,(H,8,9,10)/t15?,19-;/m1./s1. The molecular weight excluding hydrogens is 528 g/mol. The van der Waals surface area contributed by atoms with E-state index in [1.54, 1.807) is 12.1 Å². The molecule has 198 valence electrons. The number of carbonyl (C=O) groups excluding carboxylic acids is 2. The highest BCUT2D eigenvalue weighted by molar-refractivity contribution is 8.00. The molecule has 3 aromatic carbocycles. The summed E-state index contributed by atoms with van der Waals surface area (Å²) in [6.45, 7) is 1.84. The lowest BCUT2D eigenvalue weighted by molar-refractivity contribution is -0.153. The minimum absolute atomic E-state index is 0.0666. The lowest BCUT2D eigenvalue weighted by Gasteiger charge is -2.47. The molecule has 38 heavy (non-hydrogen) atoms. The molecule has 9 nitrogen and oxygen atoms in total. The molecule has 11 heteroatoms. The number of ether oxygens (including phenoxy) is 1. The highest BCUT2D eigenvalue weighted by Gasteiger charge is 2.52. The summed E-state index contributed by atoms with van der Waals surface area (Å²) in [6, 6.07) is 24.0. The third-order valence-electron chi connectivity index (χ3n) is 5.93. The van der Waals surface area contributed by atoms with Crippen molar-refractivity contribution in [1.29, 1.82) is 0 Å². The summed E-state index contributed by atoms with van der Waals surface area (Å²) >= 11 is 1.33. The Kier molecular flexibility index (Phi) is 8.22. The highest BCUT2D eigenvalue weighted by Crippen LogP contribution is 2.40. The number of carbonyl (C=O) groups is 2. The van der Waals surface area contributed by atoms with Crippen molar-refractivity contribution in [2.24, 2.45) is 5.73 Å². The zero-order valence-electron chi connectivity index (χ0n) is 20.3. The Labute approximate surface area is 224 Å². The van der Waals surface area contributed by atoms with Gasteiger partial charge in [-0.2, -0.15) is 8.42 Å². The van der Waals surface area contributed by atoms with Gasteiger partial charge in [0.05, 0.1) is 10.6 Å². The Bertz CT molecular complexity index is 1400. The first-order valence-corrected chi connectivity index (χ1v) is 14.0. The van der Waals surface area contributed by atoms with E-state index in [4.69, 9.17) is 15.0 Å². The fourth-order valence-electron chi connectivity index (χ4n) is 3.95. The molecule has 0 spiro atoms. The average Bonchev–Trinajstić information content (AvgIpc) is 2.92. The molecule has 0 bridgehead atoms. The number of hydrogen-bond acceptors (Lipinski definition) is 8. The normalized spacial score (nSPS) is 18.7. The molecule has 1 saturated heterocycles. The zero-order chi connectivity index (χ0) is 27.4. The first-order chi connectivity index (χ1) is 18.1. The van der Waals surface area contributed by atoms with Crippen LogP contribution in [0.25, 0.3) is 0 Å². The van der Waals surface area contributed by atoms with Gasteiger partial charge in [-0.3, -0.25) is 14.2 Å². The molecule has 2 atom stereocenters. The van der Waals surface area contributed by atoms with Gasteiger partial charge < -0.3 is 15.6 Å². The number of aliphatic hydroxyl groups excluding tert-OH is 1. The number of rotatable bonds is 5. The van der Waals surface area contributed by atoms with E-state index in [0.717, 1.165) is 16.7 Å². The number of thioether (sulfide) groups is 1. The topological polar surface area (TPSA) is 147 Å². The number of fused-ring (bicyclic) bond motifs is 1. The van der Waals surface area contributed by atoms with Gasteiger partial charge in [0, 0.05) is 0 Å². The molecular formula is C27H26N2O7S2. The van der Waals surface area contributed by atoms with Crippen LogP contribution in [0.4, 0.5) is 0 Å². The van der Waals surface area contributed by atoms with Crippen LogP contribution in [-0.4, -0.2) is 52.0 Å². The fraction of sp³-hybridized carbons (Fsp3) is 0.185. The van der Waals surface area contributed by atoms with Crippen LogP contribution in [0.1, 0.15) is 22.8 Å². The number of amides is 1. The number of hydrogen-bond donors (Lipinski definition) is 3. The van der Waals surface area contributed by atoms with Crippen LogP contribution >= 0.6 is 11.8 Å². The number of nitrogens with zero attached hydrogens (tertiary/aromatic N) is 1.